The Morgan fingerprint density at radius 2 is 0.880 bits per heavy atom. The molecule has 6 aromatic carbocycles. The molecule has 4 saturated carbocycles. The van der Waals surface area contributed by atoms with Crippen molar-refractivity contribution in [2.24, 2.45) is 17.6 Å². The Hall–Kier alpha value is -10.0. The maximum absolute atomic E-state index is 14.6. The lowest BCUT2D eigenvalue weighted by Gasteiger charge is -2.44. The molecule has 584 valence electrons. The summed E-state index contributed by atoms with van der Waals surface area (Å²) in [6.45, 7) is 11.2. The fourth-order valence-electron chi connectivity index (χ4n) is 13.5. The Balaban J connectivity index is 0.000000255. The smallest absolute Gasteiger partial charge is 0.408 e. The first-order valence-corrected chi connectivity index (χ1v) is 36.3. The van der Waals surface area contributed by atoms with Crippen molar-refractivity contribution in [1.29, 1.82) is 0 Å². The first-order valence-electron chi connectivity index (χ1n) is 36.3. The highest BCUT2D eigenvalue weighted by atomic mass is 19.1. The highest BCUT2D eigenvalue weighted by molar-refractivity contribution is 5.99. The monoisotopic (exact) mass is 1490 g/mol. The Labute approximate surface area is 633 Å². The summed E-state index contributed by atoms with van der Waals surface area (Å²) in [6, 6.07) is 34.8. The lowest BCUT2D eigenvalue weighted by molar-refractivity contribution is -0.157. The van der Waals surface area contributed by atoms with Gasteiger partial charge in [0.1, 0.15) is 64.1 Å². The van der Waals surface area contributed by atoms with Gasteiger partial charge in [-0.1, -0.05) is 157 Å². The van der Waals surface area contributed by atoms with Crippen LogP contribution in [0.4, 0.5) is 18.4 Å². The van der Waals surface area contributed by atoms with Gasteiger partial charge in [0.2, 0.25) is 41.4 Å². The van der Waals surface area contributed by atoms with Crippen LogP contribution in [0.15, 0.2) is 133 Å². The van der Waals surface area contributed by atoms with Crippen molar-refractivity contribution in [2.45, 2.75) is 212 Å². The van der Waals surface area contributed by atoms with Crippen LogP contribution in [0, 0.1) is 23.5 Å². The van der Waals surface area contributed by atoms with Gasteiger partial charge < -0.3 is 66.5 Å². The number of hydrogen-bond donors (Lipinski definition) is 7. The number of aliphatic carboxylic acids is 1. The quantitative estimate of drug-likeness (QED) is 0.0314. The number of carbonyl (C=O) groups excluding carboxylic acids is 9. The molecule has 6 aliphatic rings. The number of halogens is 2. The van der Waals surface area contributed by atoms with E-state index in [2.05, 4.69) is 32.7 Å². The van der Waals surface area contributed by atoms with Crippen LogP contribution in [-0.4, -0.2) is 183 Å². The Morgan fingerprint density at radius 3 is 1.25 bits per heavy atom. The van der Waals surface area contributed by atoms with Crippen molar-refractivity contribution >= 4 is 81.1 Å². The van der Waals surface area contributed by atoms with Gasteiger partial charge in [0, 0.05) is 59.5 Å². The molecule has 0 spiro atoms. The second-order valence-electron chi connectivity index (χ2n) is 30.6. The second kappa shape index (κ2) is 36.2. The summed E-state index contributed by atoms with van der Waals surface area (Å²) in [5.74, 6) is -3.42. The molecule has 2 heterocycles. The molecule has 9 amide bonds. The molecular weight excluding hydrogens is 1380 g/mol. The summed E-state index contributed by atoms with van der Waals surface area (Å²) in [5.41, 5.74) is 5.90. The Morgan fingerprint density at radius 1 is 0.509 bits per heavy atom. The molecule has 0 radical (unpaired) electrons. The minimum Gasteiger partial charge on any atom is -0.480 e. The Kier molecular flexibility index (Phi) is 28.6. The minimum absolute atomic E-state index is 0. The van der Waals surface area contributed by atoms with E-state index in [1.54, 1.807) is 99.5 Å². The van der Waals surface area contributed by atoms with Crippen molar-refractivity contribution in [3.05, 3.63) is 167 Å². The fraction of sp³-hybridized carbons (Fsp3) is 0.494. The zero-order chi connectivity index (χ0) is 75.7. The number of amides is 9. The number of nitrogens with zero attached hydrogens (tertiary/aromatic N) is 4. The third-order valence-corrected chi connectivity index (χ3v) is 19.9. The molecule has 6 fully saturated rings. The van der Waals surface area contributed by atoms with E-state index < -0.39 is 94.3 Å². The first-order chi connectivity index (χ1) is 49.8. The van der Waals surface area contributed by atoms with Gasteiger partial charge in [0.25, 0.3) is 0 Å². The summed E-state index contributed by atoms with van der Waals surface area (Å²) >= 11 is 0. The molecule has 0 unspecified atom stereocenters. The van der Waals surface area contributed by atoms with Crippen LogP contribution in [0.5, 0.6) is 0 Å². The summed E-state index contributed by atoms with van der Waals surface area (Å²) in [6.07, 6.45) is 6.22. The highest BCUT2D eigenvalue weighted by Gasteiger charge is 2.55. The average Bonchev–Trinajstić information content (AvgIpc) is 1.63. The van der Waals surface area contributed by atoms with Crippen LogP contribution in [0.1, 0.15) is 150 Å². The van der Waals surface area contributed by atoms with Crippen molar-refractivity contribution in [3.63, 3.8) is 0 Å². The number of carboxylic acid groups (broad SMARTS) is 1. The van der Waals surface area contributed by atoms with E-state index in [4.69, 9.17) is 20.3 Å². The number of nitrogens with two attached hydrogens (primary N) is 1. The van der Waals surface area contributed by atoms with Gasteiger partial charge in [0.05, 0.1) is 6.04 Å². The summed E-state index contributed by atoms with van der Waals surface area (Å²) in [4.78, 5) is 138. The number of rotatable bonds is 23. The molecule has 0 bridgehead atoms. The summed E-state index contributed by atoms with van der Waals surface area (Å²) in [5, 5.41) is 26.5. The number of piperazine rings is 2. The van der Waals surface area contributed by atoms with Crippen LogP contribution >= 0.6 is 0 Å². The van der Waals surface area contributed by atoms with E-state index in [0.29, 0.717) is 69.4 Å². The second-order valence-corrected chi connectivity index (χ2v) is 30.6. The largest absolute Gasteiger partial charge is 0.480 e. The minimum atomic E-state index is -1.23. The first kappa shape index (κ1) is 85.2. The van der Waals surface area contributed by atoms with Crippen LogP contribution in [0.25, 0.3) is 21.5 Å². The van der Waals surface area contributed by atoms with Gasteiger partial charge >= 0.3 is 18.2 Å². The molecule has 6 atom stereocenters. The van der Waals surface area contributed by atoms with Gasteiger partial charge in [-0.25, -0.2) is 23.2 Å². The predicted molar refractivity (Wildman–Crippen MR) is 411 cm³/mol. The number of alkyl carbamates (subject to hydrolysis) is 2. The standard InChI is InChI=1S/C40H48FN5O6.C31H35FN4O3.C9H15NO4.3CH4/c1-39(2,3)52-38(51)44-40(17-18-40)37(50)43-31(22-25-12-15-30(41)16-13-25)35(48)46-20-19-45(36(49)33(46)23-26-9-10-26)32(34(47)42-4)24-27-11-14-28-7-5-6-8-29(28)21-27;1-34-29(37)27(19-22-8-11-23-4-2-3-5-24(23)16-22)35-14-15-36(28(31(35)39)18-21-6-7-21)30(38)26(33)17-20-9-12-25(32)13-10-20;1-8(2,3)14-7(13)10-9(4-5-9)6(11)12;;;/h5-8,11-16,21,26,31-33H,9-10,17-20,22-24H2,1-4H3,(H,42,47)(H,43,50)(H,44,51);2-5,8-13,16,21,26-28H,6-7,14-15,17-19,33H2,1H3,(H,34,37);4-5H2,1-3H3,(H,10,13)(H,11,12);3*1H4/t31-,32+,33+;26-,27+,28+;;;;/m11..../s1. The third-order valence-electron chi connectivity index (χ3n) is 19.9. The van der Waals surface area contributed by atoms with Gasteiger partial charge in [-0.05, 0) is 166 Å². The maximum atomic E-state index is 14.6. The molecule has 0 aromatic heterocycles. The SMILES string of the molecule is C.C.C.CC(C)(C)OC(=O)NC1(C(=O)O)CC1.CNC(=O)[C@H](Cc1ccc2ccccc2c1)N1CCN(C(=O)[C@@H](Cc2ccc(F)cc2)NC(=O)C2(NC(=O)OC(C)(C)C)CC2)[C@@H](CC2CC2)C1=O.CNC(=O)[C@H](Cc1ccc2ccccc2c1)N1CCN(C(=O)[C@H](N)Cc2ccc(F)cc2)[C@@H](CC2CC2)C1=O. The topological polar surface area (TPSA) is 309 Å². The zero-order valence-corrected chi connectivity index (χ0v) is 61.0. The summed E-state index contributed by atoms with van der Waals surface area (Å²) < 4.78 is 37.5. The maximum Gasteiger partial charge on any atom is 0.408 e. The van der Waals surface area contributed by atoms with E-state index in [0.717, 1.165) is 63.9 Å². The molecule has 12 rings (SSSR count). The predicted octanol–water partition coefficient (Wildman–Crippen LogP) is 10.3. The number of carbonyl (C=O) groups is 10. The number of carboxylic acids is 1. The summed E-state index contributed by atoms with van der Waals surface area (Å²) in [7, 11) is 3.13. The molecule has 2 saturated heterocycles. The van der Waals surface area contributed by atoms with Crippen LogP contribution in [-0.2, 0) is 73.5 Å². The molecular formula is C83H110F2N10O13. The molecule has 6 aromatic rings. The van der Waals surface area contributed by atoms with Gasteiger partial charge in [0.15, 0.2) is 0 Å². The van der Waals surface area contributed by atoms with E-state index in [9.17, 15) is 56.7 Å². The molecule has 108 heavy (non-hydrogen) atoms. The van der Waals surface area contributed by atoms with E-state index in [-0.39, 0.29) is 96.0 Å². The van der Waals surface area contributed by atoms with Crippen molar-refractivity contribution in [2.75, 3.05) is 40.3 Å². The number of likely N-dealkylation sites (N-methyl/N-ethyl adjacent to an activating group) is 2. The Bertz CT molecular complexity index is 4190. The molecule has 2 aliphatic heterocycles. The molecule has 8 N–H and O–H groups in total. The van der Waals surface area contributed by atoms with E-state index in [1.165, 1.54) is 24.3 Å². The van der Waals surface area contributed by atoms with Gasteiger partial charge in [-0.2, -0.15) is 0 Å². The zero-order valence-electron chi connectivity index (χ0n) is 61.0. The number of fused-ring (bicyclic) bond motifs is 2. The van der Waals surface area contributed by atoms with Crippen LogP contribution < -0.4 is 32.3 Å². The molecule has 23 nitrogen and oxygen atoms in total. The van der Waals surface area contributed by atoms with Crippen molar-refractivity contribution < 1.29 is 71.3 Å². The van der Waals surface area contributed by atoms with Crippen molar-refractivity contribution in [1.82, 2.24) is 46.2 Å². The number of hydrogen-bond acceptors (Lipinski definition) is 13. The van der Waals surface area contributed by atoms with Crippen LogP contribution in [0.2, 0.25) is 0 Å². The average molecular weight is 1490 g/mol. The van der Waals surface area contributed by atoms with Crippen molar-refractivity contribution in [3.8, 4) is 0 Å². The van der Waals surface area contributed by atoms with E-state index in [1.807, 2.05) is 78.9 Å². The highest BCUT2D eigenvalue weighted by Crippen LogP contribution is 2.40. The van der Waals surface area contributed by atoms with E-state index >= 15 is 0 Å². The number of ether oxygens (including phenoxy) is 2. The number of nitrogens with one attached hydrogen (secondary N) is 5. The third kappa shape index (κ3) is 22.5. The number of benzene rings is 6. The van der Waals surface area contributed by atoms with Gasteiger partial charge in [-0.3, -0.25) is 33.6 Å². The normalized spacial score (nSPS) is 18.7. The van der Waals surface area contributed by atoms with Crippen LogP contribution in [0.3, 0.4) is 0 Å². The van der Waals surface area contributed by atoms with Gasteiger partial charge in [-0.15, -0.1) is 0 Å². The molecule has 4 aliphatic carbocycles. The molecule has 25 heteroatoms. The fourth-order valence-corrected chi connectivity index (χ4v) is 13.5. The lowest BCUT2D eigenvalue weighted by Crippen LogP contribution is -2.66. The lowest BCUT2D eigenvalue weighted by atomic mass is 9.96.